The Hall–Kier alpha value is -0.380. The normalized spacial score (nSPS) is 48.6. The topological polar surface area (TPSA) is 60.7 Å². The molecule has 0 saturated heterocycles. The van der Waals surface area contributed by atoms with E-state index in [-0.39, 0.29) is 23.9 Å². The molecule has 3 nitrogen and oxygen atoms in total. The first-order valence-corrected chi connectivity index (χ1v) is 7.04. The van der Waals surface area contributed by atoms with E-state index < -0.39 is 12.2 Å². The lowest BCUT2D eigenvalue weighted by molar-refractivity contribution is -0.135. The summed E-state index contributed by atoms with van der Waals surface area (Å²) in [6.45, 7) is 8.25. The van der Waals surface area contributed by atoms with Crippen molar-refractivity contribution in [3.05, 3.63) is 12.2 Å². The Morgan fingerprint density at radius 1 is 1.39 bits per heavy atom. The van der Waals surface area contributed by atoms with Gasteiger partial charge in [0.05, 0.1) is 12.2 Å². The summed E-state index contributed by atoms with van der Waals surface area (Å²) >= 11 is 0. The van der Waals surface area contributed by atoms with Gasteiger partial charge in [-0.25, -0.2) is 0 Å². The fraction of sp³-hybridized carbons (Fsp3) is 0.867. The summed E-state index contributed by atoms with van der Waals surface area (Å²) in [6, 6.07) is 0. The Morgan fingerprint density at radius 2 is 2.06 bits per heavy atom. The van der Waals surface area contributed by atoms with Crippen molar-refractivity contribution in [1.29, 1.82) is 0 Å². The molecule has 2 aliphatic carbocycles. The maximum absolute atomic E-state index is 10.2. The molecule has 0 unspecified atom stereocenters. The molecule has 2 rings (SSSR count). The molecule has 3 N–H and O–H groups in total. The average Bonchev–Trinajstić information content (AvgIpc) is 2.78. The molecule has 0 radical (unpaired) electrons. The van der Waals surface area contributed by atoms with E-state index in [2.05, 4.69) is 13.5 Å². The van der Waals surface area contributed by atoms with Crippen molar-refractivity contribution < 1.29 is 15.3 Å². The van der Waals surface area contributed by atoms with Gasteiger partial charge in [-0.15, -0.1) is 0 Å². The smallest absolute Gasteiger partial charge is 0.0830 e. The monoisotopic (exact) mass is 254 g/mol. The highest BCUT2D eigenvalue weighted by Gasteiger charge is 2.54. The number of hydrogen-bond donors (Lipinski definition) is 3. The summed E-state index contributed by atoms with van der Waals surface area (Å²) in [5.74, 6) is 0.655. The van der Waals surface area contributed by atoms with Crippen LogP contribution < -0.4 is 0 Å². The summed E-state index contributed by atoms with van der Waals surface area (Å²) in [5, 5.41) is 29.7. The minimum atomic E-state index is -0.688. The third kappa shape index (κ3) is 2.02. The molecule has 104 valence electrons. The van der Waals surface area contributed by atoms with Crippen LogP contribution in [0.25, 0.3) is 0 Å². The molecule has 0 aliphatic heterocycles. The molecular weight excluding hydrogens is 228 g/mol. The second-order valence-electron chi connectivity index (χ2n) is 6.48. The molecule has 2 fully saturated rings. The summed E-state index contributed by atoms with van der Waals surface area (Å²) in [4.78, 5) is 0. The predicted octanol–water partition coefficient (Wildman–Crippen LogP) is 1.72. The number of hydrogen-bond acceptors (Lipinski definition) is 3. The standard InChI is InChI=1S/C15H26O3/c1-9(2)11-4-5-15(7-11)10(3)14(18)13(17)6-12(15)8-16/h10-14,16-18H,1,4-8H2,2-3H3/t10-,11-,12+,13-,14-,15+/m1/s1. The minimum Gasteiger partial charge on any atom is -0.396 e. The predicted molar refractivity (Wildman–Crippen MR) is 71.0 cm³/mol. The Kier molecular flexibility index (Phi) is 3.86. The van der Waals surface area contributed by atoms with Crippen LogP contribution in [-0.4, -0.2) is 34.1 Å². The largest absolute Gasteiger partial charge is 0.396 e. The zero-order valence-electron chi connectivity index (χ0n) is 11.5. The van der Waals surface area contributed by atoms with E-state index in [9.17, 15) is 15.3 Å². The van der Waals surface area contributed by atoms with E-state index >= 15 is 0 Å². The van der Waals surface area contributed by atoms with Crippen LogP contribution in [0.3, 0.4) is 0 Å². The van der Waals surface area contributed by atoms with Crippen LogP contribution in [0, 0.1) is 23.2 Å². The SMILES string of the molecule is C=C(C)[C@@H]1CC[C@@]2(C1)[C@H](CO)C[C@@H](O)[C@H](O)[C@H]2C. The fourth-order valence-electron chi connectivity index (χ4n) is 4.28. The molecule has 2 saturated carbocycles. The van der Waals surface area contributed by atoms with Crippen molar-refractivity contribution in [3.8, 4) is 0 Å². The molecule has 18 heavy (non-hydrogen) atoms. The van der Waals surface area contributed by atoms with Gasteiger partial charge in [-0.1, -0.05) is 19.1 Å². The van der Waals surface area contributed by atoms with Crippen molar-refractivity contribution >= 4 is 0 Å². The van der Waals surface area contributed by atoms with E-state index in [4.69, 9.17) is 0 Å². The third-order valence-corrected chi connectivity index (χ3v) is 5.65. The summed E-state index contributed by atoms with van der Waals surface area (Å²) in [5.41, 5.74) is 1.19. The molecule has 1 spiro atoms. The van der Waals surface area contributed by atoms with Crippen LogP contribution in [0.4, 0.5) is 0 Å². The first kappa shape index (κ1) is 14.0. The first-order valence-electron chi connectivity index (χ1n) is 7.04. The van der Waals surface area contributed by atoms with E-state index in [1.165, 1.54) is 5.57 Å². The lowest BCUT2D eigenvalue weighted by atomic mass is 9.57. The second kappa shape index (κ2) is 4.95. The van der Waals surface area contributed by atoms with Gasteiger partial charge in [0.1, 0.15) is 0 Å². The van der Waals surface area contributed by atoms with Gasteiger partial charge >= 0.3 is 0 Å². The van der Waals surface area contributed by atoms with Gasteiger partial charge in [-0.05, 0) is 55.8 Å². The second-order valence-corrected chi connectivity index (χ2v) is 6.48. The van der Waals surface area contributed by atoms with Crippen LogP contribution in [0.2, 0.25) is 0 Å². The maximum atomic E-state index is 10.2. The van der Waals surface area contributed by atoms with Gasteiger partial charge in [0, 0.05) is 6.61 Å². The van der Waals surface area contributed by atoms with Gasteiger partial charge < -0.3 is 15.3 Å². The van der Waals surface area contributed by atoms with E-state index in [1.807, 2.05) is 6.92 Å². The van der Waals surface area contributed by atoms with E-state index in [0.29, 0.717) is 12.3 Å². The Balaban J connectivity index is 2.25. The van der Waals surface area contributed by atoms with Gasteiger partial charge in [0.25, 0.3) is 0 Å². The lowest BCUT2D eigenvalue weighted by Crippen LogP contribution is -2.53. The Labute approximate surface area is 110 Å². The summed E-state index contributed by atoms with van der Waals surface area (Å²) < 4.78 is 0. The fourth-order valence-corrected chi connectivity index (χ4v) is 4.28. The minimum absolute atomic E-state index is 0.0169. The Morgan fingerprint density at radius 3 is 2.56 bits per heavy atom. The number of allylic oxidation sites excluding steroid dienone is 1. The van der Waals surface area contributed by atoms with Crippen molar-refractivity contribution in [2.24, 2.45) is 23.2 Å². The quantitative estimate of drug-likeness (QED) is 0.658. The highest BCUT2D eigenvalue weighted by atomic mass is 16.3. The third-order valence-electron chi connectivity index (χ3n) is 5.65. The average molecular weight is 254 g/mol. The van der Waals surface area contributed by atoms with E-state index in [1.54, 1.807) is 0 Å². The van der Waals surface area contributed by atoms with Crippen LogP contribution in [-0.2, 0) is 0 Å². The molecule has 0 aromatic rings. The molecule has 0 heterocycles. The first-order chi connectivity index (χ1) is 8.42. The molecule has 0 bridgehead atoms. The molecule has 0 aromatic carbocycles. The van der Waals surface area contributed by atoms with Crippen molar-refractivity contribution in [3.63, 3.8) is 0 Å². The lowest BCUT2D eigenvalue weighted by Gasteiger charge is -2.50. The van der Waals surface area contributed by atoms with Crippen molar-refractivity contribution in [2.45, 2.75) is 51.7 Å². The number of aliphatic hydroxyl groups excluding tert-OH is 3. The highest BCUT2D eigenvalue weighted by molar-refractivity contribution is 5.10. The number of rotatable bonds is 2. The zero-order valence-corrected chi connectivity index (χ0v) is 11.5. The van der Waals surface area contributed by atoms with E-state index in [0.717, 1.165) is 19.3 Å². The summed E-state index contributed by atoms with van der Waals surface area (Å²) in [7, 11) is 0. The van der Waals surface area contributed by atoms with Gasteiger partial charge in [0.15, 0.2) is 0 Å². The van der Waals surface area contributed by atoms with Crippen LogP contribution in [0.15, 0.2) is 12.2 Å². The molecule has 0 amide bonds. The molecular formula is C15H26O3. The Bertz CT molecular complexity index is 324. The number of aliphatic hydroxyl groups is 3. The molecule has 6 atom stereocenters. The molecule has 0 aromatic heterocycles. The van der Waals surface area contributed by atoms with Crippen LogP contribution in [0.5, 0.6) is 0 Å². The van der Waals surface area contributed by atoms with Crippen LogP contribution in [0.1, 0.15) is 39.5 Å². The van der Waals surface area contributed by atoms with Crippen LogP contribution >= 0.6 is 0 Å². The zero-order chi connectivity index (χ0) is 13.5. The van der Waals surface area contributed by atoms with Gasteiger partial charge in [-0.2, -0.15) is 0 Å². The highest BCUT2D eigenvalue weighted by Crippen LogP contribution is 2.58. The summed E-state index contributed by atoms with van der Waals surface area (Å²) in [6.07, 6.45) is 2.30. The van der Waals surface area contributed by atoms with Crippen molar-refractivity contribution in [1.82, 2.24) is 0 Å². The van der Waals surface area contributed by atoms with Gasteiger partial charge in [-0.3, -0.25) is 0 Å². The molecule has 2 aliphatic rings. The molecule has 3 heteroatoms. The van der Waals surface area contributed by atoms with Gasteiger partial charge in [0.2, 0.25) is 0 Å². The van der Waals surface area contributed by atoms with Crippen molar-refractivity contribution in [2.75, 3.05) is 6.61 Å². The maximum Gasteiger partial charge on any atom is 0.0830 e.